The Morgan fingerprint density at radius 3 is 2.70 bits per heavy atom. The Labute approximate surface area is 117 Å². The van der Waals surface area contributed by atoms with E-state index in [-0.39, 0.29) is 11.5 Å². The number of amides is 1. The van der Waals surface area contributed by atoms with Gasteiger partial charge < -0.3 is 15.6 Å². The molecule has 0 aliphatic heterocycles. The Morgan fingerprint density at radius 2 is 2.05 bits per heavy atom. The van der Waals surface area contributed by atoms with Crippen LogP contribution in [0.2, 0.25) is 0 Å². The first-order chi connectivity index (χ1) is 9.49. The molecule has 1 aromatic heterocycles. The highest BCUT2D eigenvalue weighted by atomic mass is 16.1. The van der Waals surface area contributed by atoms with Crippen LogP contribution in [0.4, 0.5) is 11.4 Å². The van der Waals surface area contributed by atoms with E-state index in [0.717, 1.165) is 5.56 Å². The van der Waals surface area contributed by atoms with E-state index in [2.05, 4.69) is 5.32 Å². The number of nitrogens with two attached hydrogens (primary N) is 1. The molecule has 1 heterocycles. The van der Waals surface area contributed by atoms with Gasteiger partial charge in [-0.15, -0.1) is 0 Å². The SMILES string of the molecule is CCn1cc(NC(=O)c2cc(C)cc(N)c2)ccc1=O. The van der Waals surface area contributed by atoms with Gasteiger partial charge in [-0.05, 0) is 43.7 Å². The van der Waals surface area contributed by atoms with Gasteiger partial charge in [0.05, 0.1) is 5.69 Å². The molecule has 0 bridgehead atoms. The normalized spacial score (nSPS) is 10.3. The molecule has 1 aromatic carbocycles. The fraction of sp³-hybridized carbons (Fsp3) is 0.200. The Morgan fingerprint density at radius 1 is 1.30 bits per heavy atom. The number of hydrogen-bond donors (Lipinski definition) is 2. The standard InChI is InChI=1S/C15H17N3O2/c1-3-18-9-13(4-5-14(18)19)17-15(20)11-6-10(2)7-12(16)8-11/h4-9H,3,16H2,1-2H3,(H,17,20). The van der Waals surface area contributed by atoms with Crippen LogP contribution in [-0.2, 0) is 6.54 Å². The van der Waals surface area contributed by atoms with Gasteiger partial charge in [-0.25, -0.2) is 0 Å². The first kappa shape index (κ1) is 13.9. The predicted molar refractivity (Wildman–Crippen MR) is 79.9 cm³/mol. The summed E-state index contributed by atoms with van der Waals surface area (Å²) in [6, 6.07) is 8.21. The first-order valence-corrected chi connectivity index (χ1v) is 6.38. The van der Waals surface area contributed by atoms with E-state index < -0.39 is 0 Å². The van der Waals surface area contributed by atoms with Crippen LogP contribution in [-0.4, -0.2) is 10.5 Å². The highest BCUT2D eigenvalue weighted by Gasteiger charge is 2.08. The van der Waals surface area contributed by atoms with Gasteiger partial charge in [0.1, 0.15) is 0 Å². The number of carbonyl (C=O) groups is 1. The molecule has 0 spiro atoms. The number of nitrogen functional groups attached to an aromatic ring is 1. The van der Waals surface area contributed by atoms with Crippen LogP contribution in [0.5, 0.6) is 0 Å². The van der Waals surface area contributed by atoms with Gasteiger partial charge in [0.15, 0.2) is 0 Å². The summed E-state index contributed by atoms with van der Waals surface area (Å²) in [7, 11) is 0. The third-order valence-electron chi connectivity index (χ3n) is 2.94. The van der Waals surface area contributed by atoms with Crippen molar-refractivity contribution in [2.45, 2.75) is 20.4 Å². The molecule has 5 nitrogen and oxygen atoms in total. The van der Waals surface area contributed by atoms with E-state index >= 15 is 0 Å². The number of aromatic nitrogens is 1. The average molecular weight is 271 g/mol. The van der Waals surface area contributed by atoms with Crippen LogP contribution in [0.1, 0.15) is 22.8 Å². The van der Waals surface area contributed by atoms with E-state index in [1.807, 2.05) is 13.8 Å². The number of anilines is 2. The van der Waals surface area contributed by atoms with Gasteiger partial charge in [0.25, 0.3) is 11.5 Å². The molecule has 0 saturated heterocycles. The largest absolute Gasteiger partial charge is 0.399 e. The number of nitrogens with zero attached hydrogens (tertiary/aromatic N) is 1. The van der Waals surface area contributed by atoms with Gasteiger partial charge >= 0.3 is 0 Å². The number of hydrogen-bond acceptors (Lipinski definition) is 3. The molecule has 0 radical (unpaired) electrons. The molecule has 0 saturated carbocycles. The maximum absolute atomic E-state index is 12.1. The summed E-state index contributed by atoms with van der Waals surface area (Å²) in [5, 5.41) is 2.76. The smallest absolute Gasteiger partial charge is 0.255 e. The minimum atomic E-state index is -0.248. The lowest BCUT2D eigenvalue weighted by Gasteiger charge is -2.09. The van der Waals surface area contributed by atoms with Gasteiger partial charge in [-0.3, -0.25) is 9.59 Å². The molecule has 2 aromatic rings. The quantitative estimate of drug-likeness (QED) is 0.838. The van der Waals surface area contributed by atoms with Gasteiger partial charge in [0.2, 0.25) is 0 Å². The van der Waals surface area contributed by atoms with Crippen molar-refractivity contribution in [3.63, 3.8) is 0 Å². The Bertz CT molecular complexity index is 684. The topological polar surface area (TPSA) is 77.1 Å². The van der Waals surface area contributed by atoms with Crippen molar-refractivity contribution >= 4 is 17.3 Å². The highest BCUT2D eigenvalue weighted by molar-refractivity contribution is 6.04. The van der Waals surface area contributed by atoms with Crippen molar-refractivity contribution in [3.05, 3.63) is 58.0 Å². The third-order valence-corrected chi connectivity index (χ3v) is 2.94. The number of carbonyl (C=O) groups excluding carboxylic acids is 1. The van der Waals surface area contributed by atoms with Crippen LogP contribution in [0.3, 0.4) is 0 Å². The second-order valence-corrected chi connectivity index (χ2v) is 4.63. The van der Waals surface area contributed by atoms with Gasteiger partial charge in [-0.1, -0.05) is 0 Å². The Hall–Kier alpha value is -2.56. The molecule has 104 valence electrons. The number of pyridine rings is 1. The van der Waals surface area contributed by atoms with Crippen LogP contribution >= 0.6 is 0 Å². The lowest BCUT2D eigenvalue weighted by atomic mass is 10.1. The average Bonchev–Trinajstić information content (AvgIpc) is 2.39. The van der Waals surface area contributed by atoms with Crippen LogP contribution in [0.25, 0.3) is 0 Å². The van der Waals surface area contributed by atoms with Crippen molar-refractivity contribution in [1.29, 1.82) is 0 Å². The summed E-state index contributed by atoms with van der Waals surface area (Å²) in [5.74, 6) is -0.248. The van der Waals surface area contributed by atoms with Crippen LogP contribution in [0, 0.1) is 6.92 Å². The summed E-state index contributed by atoms with van der Waals surface area (Å²) < 4.78 is 1.53. The minimum Gasteiger partial charge on any atom is -0.399 e. The molecule has 20 heavy (non-hydrogen) atoms. The number of aryl methyl sites for hydroxylation is 2. The van der Waals surface area contributed by atoms with E-state index in [1.165, 1.54) is 10.6 Å². The van der Waals surface area contributed by atoms with Gasteiger partial charge in [0, 0.05) is 30.1 Å². The summed E-state index contributed by atoms with van der Waals surface area (Å²) in [6.07, 6.45) is 1.62. The molecule has 0 unspecified atom stereocenters. The number of nitrogens with one attached hydrogen (secondary N) is 1. The molecular weight excluding hydrogens is 254 g/mol. The maximum atomic E-state index is 12.1. The Kier molecular flexibility index (Phi) is 3.89. The molecule has 0 aliphatic rings. The predicted octanol–water partition coefficient (Wildman–Crippen LogP) is 2.01. The zero-order valence-corrected chi connectivity index (χ0v) is 11.5. The molecule has 0 aliphatic carbocycles. The van der Waals surface area contributed by atoms with Crippen molar-refractivity contribution < 1.29 is 4.79 Å². The van der Waals surface area contributed by atoms with Crippen LogP contribution in [0.15, 0.2) is 41.3 Å². The summed E-state index contributed by atoms with van der Waals surface area (Å²) >= 11 is 0. The first-order valence-electron chi connectivity index (χ1n) is 6.38. The van der Waals surface area contributed by atoms with E-state index in [9.17, 15) is 9.59 Å². The molecule has 5 heteroatoms. The second kappa shape index (κ2) is 5.61. The fourth-order valence-corrected chi connectivity index (χ4v) is 2.00. The molecule has 3 N–H and O–H groups in total. The van der Waals surface area contributed by atoms with Crippen molar-refractivity contribution in [1.82, 2.24) is 4.57 Å². The molecule has 0 fully saturated rings. The number of rotatable bonds is 3. The monoisotopic (exact) mass is 271 g/mol. The zero-order valence-electron chi connectivity index (χ0n) is 11.5. The Balaban J connectivity index is 2.25. The molecule has 0 atom stereocenters. The van der Waals surface area contributed by atoms with Crippen LogP contribution < -0.4 is 16.6 Å². The lowest BCUT2D eigenvalue weighted by Crippen LogP contribution is -2.19. The number of benzene rings is 1. The maximum Gasteiger partial charge on any atom is 0.255 e. The van der Waals surface area contributed by atoms with E-state index in [1.54, 1.807) is 30.5 Å². The molecule has 2 rings (SSSR count). The lowest BCUT2D eigenvalue weighted by molar-refractivity contribution is 0.102. The van der Waals surface area contributed by atoms with Gasteiger partial charge in [-0.2, -0.15) is 0 Å². The van der Waals surface area contributed by atoms with Crippen molar-refractivity contribution in [3.8, 4) is 0 Å². The molecule has 1 amide bonds. The summed E-state index contributed by atoms with van der Waals surface area (Å²) in [5.41, 5.74) is 8.19. The van der Waals surface area contributed by atoms with Crippen molar-refractivity contribution in [2.24, 2.45) is 0 Å². The summed E-state index contributed by atoms with van der Waals surface area (Å²) in [4.78, 5) is 23.6. The fourth-order valence-electron chi connectivity index (χ4n) is 2.00. The highest BCUT2D eigenvalue weighted by Crippen LogP contribution is 2.13. The van der Waals surface area contributed by atoms with E-state index in [0.29, 0.717) is 23.5 Å². The third kappa shape index (κ3) is 3.06. The minimum absolute atomic E-state index is 0.0923. The van der Waals surface area contributed by atoms with E-state index in [4.69, 9.17) is 5.73 Å². The molecular formula is C15H17N3O2. The zero-order chi connectivity index (χ0) is 14.7. The second-order valence-electron chi connectivity index (χ2n) is 4.63. The summed E-state index contributed by atoms with van der Waals surface area (Å²) in [6.45, 7) is 4.30. The van der Waals surface area contributed by atoms with Crippen molar-refractivity contribution in [2.75, 3.05) is 11.1 Å².